The minimum absolute atomic E-state index is 0.192. The molecule has 0 heterocycles. The summed E-state index contributed by atoms with van der Waals surface area (Å²) in [6, 6.07) is 8.70. The van der Waals surface area contributed by atoms with Crippen molar-refractivity contribution < 1.29 is 9.47 Å². The molecular weight excluding hydrogens is 344 g/mol. The summed E-state index contributed by atoms with van der Waals surface area (Å²) in [6.07, 6.45) is 9.12. The smallest absolute Gasteiger partial charge is 0.196 e. The van der Waals surface area contributed by atoms with Crippen LogP contribution in [0, 0.1) is 16.7 Å². The highest BCUT2D eigenvalue weighted by atomic mass is 16.7. The molecule has 1 aromatic rings. The minimum atomic E-state index is -0.192. The van der Waals surface area contributed by atoms with Gasteiger partial charge in [-0.1, -0.05) is 85.8 Å². The van der Waals surface area contributed by atoms with E-state index >= 15 is 0 Å². The van der Waals surface area contributed by atoms with Gasteiger partial charge >= 0.3 is 0 Å². The predicted octanol–water partition coefficient (Wildman–Crippen LogP) is 7.96. The van der Waals surface area contributed by atoms with E-state index in [0.717, 1.165) is 18.3 Å². The predicted molar refractivity (Wildman–Crippen MR) is 120 cm³/mol. The molecule has 0 aliphatic heterocycles. The van der Waals surface area contributed by atoms with E-state index in [1.54, 1.807) is 0 Å². The van der Waals surface area contributed by atoms with Crippen LogP contribution in [-0.4, -0.2) is 12.9 Å². The van der Waals surface area contributed by atoms with Crippen LogP contribution >= 0.6 is 0 Å². The van der Waals surface area contributed by atoms with Crippen molar-refractivity contribution in [1.82, 2.24) is 0 Å². The van der Waals surface area contributed by atoms with Crippen molar-refractivity contribution in [3.8, 4) is 5.75 Å². The zero-order chi connectivity index (χ0) is 20.8. The first-order valence-corrected chi connectivity index (χ1v) is 11.4. The van der Waals surface area contributed by atoms with E-state index < -0.39 is 0 Å². The van der Waals surface area contributed by atoms with E-state index in [4.69, 9.17) is 9.47 Å². The molecule has 0 bridgehead atoms. The third-order valence-corrected chi connectivity index (χ3v) is 6.05. The van der Waals surface area contributed by atoms with Crippen LogP contribution in [0.2, 0.25) is 0 Å². The molecule has 1 aliphatic rings. The van der Waals surface area contributed by atoms with Crippen molar-refractivity contribution in [2.45, 2.75) is 106 Å². The quantitative estimate of drug-likeness (QED) is 0.420. The summed E-state index contributed by atoms with van der Waals surface area (Å²) in [4.78, 5) is 0. The molecule has 0 aromatic heterocycles. The molecule has 1 fully saturated rings. The van der Waals surface area contributed by atoms with Crippen LogP contribution in [0.25, 0.3) is 0 Å². The third kappa shape index (κ3) is 8.15. The molecular formula is C26H44O2. The van der Waals surface area contributed by atoms with E-state index in [-0.39, 0.29) is 11.7 Å². The van der Waals surface area contributed by atoms with Gasteiger partial charge < -0.3 is 9.47 Å². The van der Waals surface area contributed by atoms with Crippen LogP contribution in [0.3, 0.4) is 0 Å². The lowest BCUT2D eigenvalue weighted by molar-refractivity contribution is -0.0711. The summed E-state index contributed by atoms with van der Waals surface area (Å²) in [5.74, 6) is 2.29. The Bertz CT molecular complexity index is 556. The molecule has 2 nitrogen and oxygen atoms in total. The Morgan fingerprint density at radius 1 is 0.929 bits per heavy atom. The highest BCUT2D eigenvalue weighted by Crippen LogP contribution is 2.43. The first-order chi connectivity index (χ1) is 13.0. The SMILES string of the molecule is CC(OCCC1CCCCC1)Oc1ccc([C@@H](CC(C)(C)C)C(C)(C)C)cc1. The standard InChI is InChI=1S/C26H44O2/c1-20(27-18-17-21-11-9-8-10-12-21)28-23-15-13-22(14-16-23)24(26(5,6)7)19-25(2,3)4/h13-16,20-21,24H,8-12,17-19H2,1-7H3/t20?,24-/m1/s1. The lowest BCUT2D eigenvalue weighted by atomic mass is 9.69. The molecule has 0 spiro atoms. The Kier molecular flexibility index (Phi) is 8.43. The van der Waals surface area contributed by atoms with E-state index in [2.05, 4.69) is 65.8 Å². The first-order valence-electron chi connectivity index (χ1n) is 11.4. The molecule has 1 aromatic carbocycles. The number of hydrogen-bond acceptors (Lipinski definition) is 2. The lowest BCUT2D eigenvalue weighted by Crippen LogP contribution is -2.24. The maximum Gasteiger partial charge on any atom is 0.196 e. The summed E-state index contributed by atoms with van der Waals surface area (Å²) in [5, 5.41) is 0. The van der Waals surface area contributed by atoms with Gasteiger partial charge in [0.2, 0.25) is 0 Å². The average molecular weight is 389 g/mol. The molecule has 2 atom stereocenters. The van der Waals surface area contributed by atoms with Crippen LogP contribution in [0.4, 0.5) is 0 Å². The Hall–Kier alpha value is -1.02. The molecule has 1 unspecified atom stereocenters. The van der Waals surface area contributed by atoms with Crippen LogP contribution in [0.15, 0.2) is 24.3 Å². The Morgan fingerprint density at radius 2 is 1.54 bits per heavy atom. The summed E-state index contributed by atoms with van der Waals surface area (Å²) in [7, 11) is 0. The van der Waals surface area contributed by atoms with Crippen molar-refractivity contribution in [2.24, 2.45) is 16.7 Å². The van der Waals surface area contributed by atoms with E-state index in [1.807, 2.05) is 6.92 Å². The maximum atomic E-state index is 6.00. The molecule has 2 heteroatoms. The monoisotopic (exact) mass is 388 g/mol. The highest BCUT2D eigenvalue weighted by Gasteiger charge is 2.30. The number of hydrogen-bond donors (Lipinski definition) is 0. The van der Waals surface area contributed by atoms with Gasteiger partial charge in [-0.3, -0.25) is 0 Å². The number of ether oxygens (including phenoxy) is 2. The number of benzene rings is 1. The second-order valence-electron chi connectivity index (χ2n) is 11.1. The zero-order valence-electron chi connectivity index (χ0n) is 19.5. The topological polar surface area (TPSA) is 18.5 Å². The van der Waals surface area contributed by atoms with Gasteiger partial charge in [0.1, 0.15) is 5.75 Å². The summed E-state index contributed by atoms with van der Waals surface area (Å²) in [5.41, 5.74) is 1.96. The van der Waals surface area contributed by atoms with Gasteiger partial charge in [-0.15, -0.1) is 0 Å². The molecule has 0 radical (unpaired) electrons. The second kappa shape index (κ2) is 10.1. The van der Waals surface area contributed by atoms with Crippen LogP contribution in [-0.2, 0) is 4.74 Å². The molecule has 0 N–H and O–H groups in total. The van der Waals surface area contributed by atoms with E-state index in [1.165, 1.54) is 50.5 Å². The van der Waals surface area contributed by atoms with E-state index in [0.29, 0.717) is 11.3 Å². The van der Waals surface area contributed by atoms with Crippen molar-refractivity contribution in [3.05, 3.63) is 29.8 Å². The van der Waals surface area contributed by atoms with Gasteiger partial charge in [0.15, 0.2) is 6.29 Å². The fourth-order valence-electron chi connectivity index (χ4n) is 4.42. The number of rotatable bonds is 8. The van der Waals surface area contributed by atoms with Crippen molar-refractivity contribution >= 4 is 0 Å². The Labute approximate surface area is 174 Å². The fraction of sp³-hybridized carbons (Fsp3) is 0.769. The average Bonchev–Trinajstić information content (AvgIpc) is 2.60. The van der Waals surface area contributed by atoms with Crippen molar-refractivity contribution in [1.29, 1.82) is 0 Å². The summed E-state index contributed by atoms with van der Waals surface area (Å²) >= 11 is 0. The van der Waals surface area contributed by atoms with Gasteiger partial charge in [-0.2, -0.15) is 0 Å². The van der Waals surface area contributed by atoms with E-state index in [9.17, 15) is 0 Å². The van der Waals surface area contributed by atoms with Gasteiger partial charge in [0, 0.05) is 0 Å². The van der Waals surface area contributed by atoms with Gasteiger partial charge in [-0.05, 0) is 60.1 Å². The molecule has 28 heavy (non-hydrogen) atoms. The fourth-order valence-corrected chi connectivity index (χ4v) is 4.42. The maximum absolute atomic E-state index is 6.00. The second-order valence-corrected chi connectivity index (χ2v) is 11.1. The summed E-state index contributed by atoms with van der Waals surface area (Å²) < 4.78 is 11.9. The Balaban J connectivity index is 1.86. The largest absolute Gasteiger partial charge is 0.465 e. The molecule has 1 saturated carbocycles. The Morgan fingerprint density at radius 3 is 2.07 bits per heavy atom. The van der Waals surface area contributed by atoms with Crippen molar-refractivity contribution in [2.75, 3.05) is 6.61 Å². The van der Waals surface area contributed by atoms with Gasteiger partial charge in [-0.25, -0.2) is 0 Å². The normalized spacial score (nSPS) is 18.7. The first kappa shape index (κ1) is 23.3. The highest BCUT2D eigenvalue weighted by molar-refractivity contribution is 5.30. The molecule has 1 aliphatic carbocycles. The minimum Gasteiger partial charge on any atom is -0.465 e. The lowest BCUT2D eigenvalue weighted by Gasteiger charge is -2.36. The molecule has 2 rings (SSSR count). The van der Waals surface area contributed by atoms with Crippen LogP contribution < -0.4 is 4.74 Å². The molecule has 0 saturated heterocycles. The summed E-state index contributed by atoms with van der Waals surface area (Å²) in [6.45, 7) is 16.8. The van der Waals surface area contributed by atoms with Crippen LogP contribution in [0.1, 0.15) is 105 Å². The third-order valence-electron chi connectivity index (χ3n) is 6.05. The van der Waals surface area contributed by atoms with Gasteiger partial charge in [0.25, 0.3) is 0 Å². The molecule has 160 valence electrons. The zero-order valence-corrected chi connectivity index (χ0v) is 19.5. The molecule has 0 amide bonds. The van der Waals surface area contributed by atoms with Crippen molar-refractivity contribution in [3.63, 3.8) is 0 Å². The van der Waals surface area contributed by atoms with Crippen LogP contribution in [0.5, 0.6) is 5.75 Å². The van der Waals surface area contributed by atoms with Gasteiger partial charge in [0.05, 0.1) is 6.61 Å².